The van der Waals surface area contributed by atoms with E-state index in [2.05, 4.69) is 11.4 Å². The van der Waals surface area contributed by atoms with E-state index >= 15 is 0 Å². The Hall–Kier alpha value is -2.62. The molecule has 1 N–H and O–H groups in total. The fraction of sp³-hybridized carbons (Fsp3) is 0.333. The van der Waals surface area contributed by atoms with Gasteiger partial charge in [-0.2, -0.15) is 0 Å². The molecular formula is C21H24N2O2. The van der Waals surface area contributed by atoms with E-state index in [0.717, 1.165) is 12.1 Å². The Morgan fingerprint density at radius 2 is 1.68 bits per heavy atom. The van der Waals surface area contributed by atoms with Gasteiger partial charge in [-0.1, -0.05) is 50.2 Å². The minimum Gasteiger partial charge on any atom is -0.340 e. The van der Waals surface area contributed by atoms with Gasteiger partial charge in [0, 0.05) is 17.3 Å². The molecule has 2 atom stereocenters. The Morgan fingerprint density at radius 3 is 2.36 bits per heavy atom. The number of amides is 2. The van der Waals surface area contributed by atoms with Crippen LogP contribution in [0.1, 0.15) is 36.7 Å². The molecule has 0 radical (unpaired) electrons. The van der Waals surface area contributed by atoms with Crippen molar-refractivity contribution in [3.8, 4) is 0 Å². The van der Waals surface area contributed by atoms with Crippen LogP contribution in [0.4, 0.5) is 5.69 Å². The first-order valence-corrected chi connectivity index (χ1v) is 8.76. The van der Waals surface area contributed by atoms with E-state index in [-0.39, 0.29) is 23.8 Å². The van der Waals surface area contributed by atoms with Crippen molar-refractivity contribution in [2.45, 2.75) is 39.3 Å². The van der Waals surface area contributed by atoms with Gasteiger partial charge in [-0.05, 0) is 43.0 Å². The number of benzene rings is 2. The monoisotopic (exact) mass is 336 g/mol. The van der Waals surface area contributed by atoms with E-state index in [1.807, 2.05) is 62.1 Å². The van der Waals surface area contributed by atoms with Crippen LogP contribution in [0, 0.1) is 5.92 Å². The maximum Gasteiger partial charge on any atom is 0.251 e. The Labute approximate surface area is 148 Å². The van der Waals surface area contributed by atoms with Gasteiger partial charge >= 0.3 is 0 Å². The number of carbonyl (C=O) groups excluding carboxylic acids is 2. The third kappa shape index (κ3) is 3.43. The first-order valence-electron chi connectivity index (χ1n) is 8.76. The Morgan fingerprint density at radius 1 is 1.04 bits per heavy atom. The number of nitrogens with zero attached hydrogens (tertiary/aromatic N) is 1. The average Bonchev–Trinajstić information content (AvgIpc) is 2.95. The average molecular weight is 336 g/mol. The fourth-order valence-corrected chi connectivity index (χ4v) is 3.38. The van der Waals surface area contributed by atoms with Gasteiger partial charge in [0.1, 0.15) is 6.04 Å². The highest BCUT2D eigenvalue weighted by molar-refractivity contribution is 6.03. The molecule has 0 aromatic heterocycles. The topological polar surface area (TPSA) is 49.4 Å². The quantitative estimate of drug-likeness (QED) is 0.930. The van der Waals surface area contributed by atoms with Crippen LogP contribution in [0.15, 0.2) is 54.6 Å². The van der Waals surface area contributed by atoms with E-state index in [0.29, 0.717) is 5.56 Å². The molecule has 2 unspecified atom stereocenters. The van der Waals surface area contributed by atoms with Gasteiger partial charge in [0.2, 0.25) is 5.91 Å². The molecule has 2 aromatic carbocycles. The zero-order valence-electron chi connectivity index (χ0n) is 14.9. The SMILES string of the molecule is CC(C)C(NC(=O)c1ccccc1)C(=O)N1c2ccccc2CC1C. The molecule has 25 heavy (non-hydrogen) atoms. The van der Waals surface area contributed by atoms with Gasteiger partial charge in [0.05, 0.1) is 0 Å². The number of fused-ring (bicyclic) bond motifs is 1. The van der Waals surface area contributed by atoms with Gasteiger partial charge in [-0.15, -0.1) is 0 Å². The van der Waals surface area contributed by atoms with E-state index < -0.39 is 6.04 Å². The molecule has 0 fully saturated rings. The van der Waals surface area contributed by atoms with E-state index in [9.17, 15) is 9.59 Å². The van der Waals surface area contributed by atoms with E-state index in [1.165, 1.54) is 5.56 Å². The third-order valence-corrected chi connectivity index (χ3v) is 4.70. The zero-order valence-corrected chi connectivity index (χ0v) is 14.9. The molecule has 2 amide bonds. The first kappa shape index (κ1) is 17.2. The molecule has 4 heteroatoms. The summed E-state index contributed by atoms with van der Waals surface area (Å²) < 4.78 is 0. The number of para-hydroxylation sites is 1. The molecule has 0 bridgehead atoms. The number of carbonyl (C=O) groups is 2. The van der Waals surface area contributed by atoms with Crippen molar-refractivity contribution < 1.29 is 9.59 Å². The van der Waals surface area contributed by atoms with Crippen LogP contribution < -0.4 is 10.2 Å². The summed E-state index contributed by atoms with van der Waals surface area (Å²) in [6.45, 7) is 5.97. The standard InChI is InChI=1S/C21H24N2O2/c1-14(2)19(22-20(24)16-9-5-4-6-10-16)21(25)23-15(3)13-17-11-7-8-12-18(17)23/h4-12,14-15,19H,13H2,1-3H3,(H,22,24). The summed E-state index contributed by atoms with van der Waals surface area (Å²) in [7, 11) is 0. The largest absolute Gasteiger partial charge is 0.340 e. The van der Waals surface area contributed by atoms with Crippen LogP contribution in [0.25, 0.3) is 0 Å². The first-order chi connectivity index (χ1) is 12.0. The second kappa shape index (κ2) is 7.09. The van der Waals surface area contributed by atoms with Gasteiger partial charge in [-0.3, -0.25) is 9.59 Å². The Kier molecular flexibility index (Phi) is 4.88. The second-order valence-electron chi connectivity index (χ2n) is 6.95. The van der Waals surface area contributed by atoms with Gasteiger partial charge in [0.15, 0.2) is 0 Å². The van der Waals surface area contributed by atoms with Gasteiger partial charge in [-0.25, -0.2) is 0 Å². The zero-order chi connectivity index (χ0) is 18.0. The van der Waals surface area contributed by atoms with Crippen LogP contribution in [-0.4, -0.2) is 23.9 Å². The van der Waals surface area contributed by atoms with Crippen molar-refractivity contribution in [3.05, 3.63) is 65.7 Å². The predicted molar refractivity (Wildman–Crippen MR) is 99.6 cm³/mol. The molecule has 2 aromatic rings. The molecule has 0 aliphatic carbocycles. The number of nitrogens with one attached hydrogen (secondary N) is 1. The molecule has 1 aliphatic heterocycles. The van der Waals surface area contributed by atoms with Gasteiger partial charge in [0.25, 0.3) is 5.91 Å². The smallest absolute Gasteiger partial charge is 0.251 e. The molecule has 3 rings (SSSR count). The lowest BCUT2D eigenvalue weighted by atomic mass is 10.0. The summed E-state index contributed by atoms with van der Waals surface area (Å²) in [5.74, 6) is -0.260. The molecule has 1 heterocycles. The van der Waals surface area contributed by atoms with Crippen LogP contribution >= 0.6 is 0 Å². The van der Waals surface area contributed by atoms with Crippen molar-refractivity contribution in [1.82, 2.24) is 5.32 Å². The molecule has 0 saturated carbocycles. The number of hydrogen-bond acceptors (Lipinski definition) is 2. The Bertz CT molecular complexity index is 770. The summed E-state index contributed by atoms with van der Waals surface area (Å²) in [4.78, 5) is 27.6. The van der Waals surface area contributed by atoms with Crippen molar-refractivity contribution in [2.75, 3.05) is 4.90 Å². The molecule has 0 saturated heterocycles. The van der Waals surface area contributed by atoms with Crippen molar-refractivity contribution >= 4 is 17.5 Å². The molecule has 130 valence electrons. The van der Waals surface area contributed by atoms with Crippen LogP contribution in [-0.2, 0) is 11.2 Å². The Balaban J connectivity index is 1.84. The highest BCUT2D eigenvalue weighted by atomic mass is 16.2. The van der Waals surface area contributed by atoms with E-state index in [1.54, 1.807) is 12.1 Å². The van der Waals surface area contributed by atoms with Gasteiger partial charge < -0.3 is 10.2 Å². The summed E-state index contributed by atoms with van der Waals surface area (Å²) in [6.07, 6.45) is 0.847. The van der Waals surface area contributed by atoms with Crippen molar-refractivity contribution in [3.63, 3.8) is 0 Å². The summed E-state index contributed by atoms with van der Waals surface area (Å²) in [6, 6.07) is 16.5. The minimum absolute atomic E-state index is 0.000115. The van der Waals surface area contributed by atoms with Crippen LogP contribution in [0.5, 0.6) is 0 Å². The highest BCUT2D eigenvalue weighted by Crippen LogP contribution is 2.32. The lowest BCUT2D eigenvalue weighted by molar-refractivity contribution is -0.121. The molecule has 1 aliphatic rings. The number of anilines is 1. The summed E-state index contributed by atoms with van der Waals surface area (Å²) in [5, 5.41) is 2.93. The van der Waals surface area contributed by atoms with Crippen molar-refractivity contribution in [2.24, 2.45) is 5.92 Å². The third-order valence-electron chi connectivity index (χ3n) is 4.70. The predicted octanol–water partition coefficient (Wildman–Crippen LogP) is 3.42. The highest BCUT2D eigenvalue weighted by Gasteiger charge is 2.36. The summed E-state index contributed by atoms with van der Waals surface area (Å²) >= 11 is 0. The van der Waals surface area contributed by atoms with Crippen LogP contribution in [0.3, 0.4) is 0 Å². The lowest BCUT2D eigenvalue weighted by Gasteiger charge is -2.30. The maximum absolute atomic E-state index is 13.2. The minimum atomic E-state index is -0.554. The summed E-state index contributed by atoms with van der Waals surface area (Å²) in [5.41, 5.74) is 2.70. The van der Waals surface area contributed by atoms with Crippen molar-refractivity contribution in [1.29, 1.82) is 0 Å². The maximum atomic E-state index is 13.2. The molecule has 4 nitrogen and oxygen atoms in total. The molecular weight excluding hydrogens is 312 g/mol. The lowest BCUT2D eigenvalue weighted by Crippen LogP contribution is -2.52. The number of rotatable bonds is 4. The second-order valence-corrected chi connectivity index (χ2v) is 6.95. The molecule has 0 spiro atoms. The normalized spacial score (nSPS) is 17.3. The van der Waals surface area contributed by atoms with E-state index in [4.69, 9.17) is 0 Å². The number of hydrogen-bond donors (Lipinski definition) is 1. The fourth-order valence-electron chi connectivity index (χ4n) is 3.38. The van der Waals surface area contributed by atoms with Crippen LogP contribution in [0.2, 0.25) is 0 Å².